The second-order valence-corrected chi connectivity index (χ2v) is 8.35. The Morgan fingerprint density at radius 3 is 2.55 bits per heavy atom. The van der Waals surface area contributed by atoms with Crippen molar-refractivity contribution in [1.82, 2.24) is 14.2 Å². The van der Waals surface area contributed by atoms with Crippen LogP contribution in [0.5, 0.6) is 0 Å². The van der Waals surface area contributed by atoms with Crippen LogP contribution in [0.1, 0.15) is 28.4 Å². The van der Waals surface area contributed by atoms with E-state index >= 15 is 0 Å². The molecule has 1 atom stereocenters. The average molecular weight is 452 g/mol. The molecule has 1 unspecified atom stereocenters. The monoisotopic (exact) mass is 451 g/mol. The molecule has 1 N–H and O–H groups in total. The van der Waals surface area contributed by atoms with E-state index < -0.39 is 6.10 Å². The van der Waals surface area contributed by atoms with Crippen LogP contribution in [0, 0.1) is 20.8 Å². The van der Waals surface area contributed by atoms with Crippen molar-refractivity contribution in [1.29, 1.82) is 0 Å². The number of rotatable bonds is 4. The zero-order valence-corrected chi connectivity index (χ0v) is 18.1. The molecule has 0 saturated heterocycles. The Morgan fingerprint density at radius 2 is 1.79 bits per heavy atom. The molecule has 0 saturated carbocycles. The summed E-state index contributed by atoms with van der Waals surface area (Å²) in [5.74, 6) is 0. The summed E-state index contributed by atoms with van der Waals surface area (Å²) in [4.78, 5) is 13.0. The van der Waals surface area contributed by atoms with Gasteiger partial charge in [0.2, 0.25) is 0 Å². The number of halogens is 1. The van der Waals surface area contributed by atoms with Crippen molar-refractivity contribution in [3.05, 3.63) is 91.9 Å². The lowest BCUT2D eigenvalue weighted by atomic mass is 9.97. The summed E-state index contributed by atoms with van der Waals surface area (Å²) in [6, 6.07) is 13.7. The highest BCUT2D eigenvalue weighted by molar-refractivity contribution is 9.10. The van der Waals surface area contributed by atoms with Crippen LogP contribution in [0.4, 0.5) is 0 Å². The van der Waals surface area contributed by atoms with Gasteiger partial charge in [0.05, 0.1) is 18.3 Å². The molecular weight excluding hydrogens is 430 g/mol. The van der Waals surface area contributed by atoms with Gasteiger partial charge in [-0.1, -0.05) is 40.2 Å². The van der Waals surface area contributed by atoms with Crippen LogP contribution in [0.15, 0.2) is 64.1 Å². The minimum atomic E-state index is -0.762. The Morgan fingerprint density at radius 1 is 1.03 bits per heavy atom. The number of nitrogens with zero attached hydrogens (tertiary/aromatic N) is 3. The Labute approximate surface area is 177 Å². The molecule has 0 spiro atoms. The van der Waals surface area contributed by atoms with Crippen LogP contribution in [-0.2, 0) is 6.54 Å². The summed E-state index contributed by atoms with van der Waals surface area (Å²) >= 11 is 3.47. The van der Waals surface area contributed by atoms with Gasteiger partial charge in [0.15, 0.2) is 0 Å². The van der Waals surface area contributed by atoms with Gasteiger partial charge >= 0.3 is 0 Å². The first-order chi connectivity index (χ1) is 13.8. The molecule has 29 heavy (non-hydrogen) atoms. The molecule has 2 aromatic carbocycles. The van der Waals surface area contributed by atoms with Crippen LogP contribution in [0.25, 0.3) is 16.8 Å². The third-order valence-corrected chi connectivity index (χ3v) is 5.83. The second-order valence-electron chi connectivity index (χ2n) is 7.43. The van der Waals surface area contributed by atoms with Crippen LogP contribution in [0.2, 0.25) is 0 Å². The molecule has 148 valence electrons. The topological polar surface area (TPSA) is 59.5 Å². The van der Waals surface area contributed by atoms with Crippen LogP contribution in [0.3, 0.4) is 0 Å². The normalized spacial score (nSPS) is 12.4. The molecule has 0 aliphatic heterocycles. The fourth-order valence-corrected chi connectivity index (χ4v) is 3.98. The number of aromatic nitrogens is 3. The number of aliphatic hydroxyl groups is 1. The molecule has 2 heterocycles. The van der Waals surface area contributed by atoms with Gasteiger partial charge in [0.1, 0.15) is 5.52 Å². The Bertz CT molecular complexity index is 1270. The molecule has 0 aliphatic rings. The molecule has 0 bridgehead atoms. The maximum absolute atomic E-state index is 13.0. The lowest BCUT2D eigenvalue weighted by molar-refractivity contribution is 0.154. The highest BCUT2D eigenvalue weighted by Gasteiger charge is 2.15. The van der Waals surface area contributed by atoms with Crippen LogP contribution >= 0.6 is 15.9 Å². The molecule has 0 amide bonds. The molecule has 0 fully saturated rings. The standard InChI is InChI=1S/C23H22BrN3O2/c1-14-9-16(3)19(10-15(14)2)22(28)13-26-7-8-27-21(23(26)29)12-20(25-27)17-5-4-6-18(24)11-17/h4-12,22,28H,13H2,1-3H3. The van der Waals surface area contributed by atoms with E-state index in [0.717, 1.165) is 32.4 Å². The van der Waals surface area contributed by atoms with Crippen molar-refractivity contribution < 1.29 is 5.11 Å². The fourth-order valence-electron chi connectivity index (χ4n) is 3.59. The summed E-state index contributed by atoms with van der Waals surface area (Å²) in [5, 5.41) is 15.3. The maximum atomic E-state index is 13.0. The molecule has 6 heteroatoms. The molecule has 5 nitrogen and oxygen atoms in total. The third kappa shape index (κ3) is 3.78. The minimum absolute atomic E-state index is 0.179. The zero-order chi connectivity index (χ0) is 20.7. The van der Waals surface area contributed by atoms with Gasteiger partial charge < -0.3 is 9.67 Å². The molecule has 0 radical (unpaired) electrons. The van der Waals surface area contributed by atoms with Crippen molar-refractivity contribution in [2.45, 2.75) is 33.4 Å². The Kier molecular flexibility index (Phi) is 5.15. The van der Waals surface area contributed by atoms with E-state index in [1.54, 1.807) is 27.5 Å². The highest BCUT2D eigenvalue weighted by atomic mass is 79.9. The van der Waals surface area contributed by atoms with E-state index in [9.17, 15) is 9.90 Å². The van der Waals surface area contributed by atoms with E-state index in [2.05, 4.69) is 34.0 Å². The van der Waals surface area contributed by atoms with Gasteiger partial charge in [-0.15, -0.1) is 0 Å². The van der Waals surface area contributed by atoms with E-state index in [1.165, 1.54) is 5.56 Å². The predicted molar refractivity (Wildman–Crippen MR) is 118 cm³/mol. The summed E-state index contributed by atoms with van der Waals surface area (Å²) in [7, 11) is 0. The van der Waals surface area contributed by atoms with Crippen molar-refractivity contribution in [3.63, 3.8) is 0 Å². The van der Waals surface area contributed by atoms with Gasteiger partial charge in [0, 0.05) is 22.4 Å². The Hall–Kier alpha value is -2.70. The van der Waals surface area contributed by atoms with Gasteiger partial charge in [-0.2, -0.15) is 5.10 Å². The second kappa shape index (κ2) is 7.61. The van der Waals surface area contributed by atoms with Crippen molar-refractivity contribution in [2.24, 2.45) is 0 Å². The molecular formula is C23H22BrN3O2. The largest absolute Gasteiger partial charge is 0.387 e. The molecule has 0 aliphatic carbocycles. The SMILES string of the molecule is Cc1cc(C)c(C(O)Cn2ccn3nc(-c4cccc(Br)c4)cc3c2=O)cc1C. The van der Waals surface area contributed by atoms with E-state index in [1.807, 2.05) is 44.2 Å². The zero-order valence-electron chi connectivity index (χ0n) is 16.6. The Balaban J connectivity index is 1.69. The summed E-state index contributed by atoms with van der Waals surface area (Å²) < 4.78 is 4.08. The number of hydrogen-bond donors (Lipinski definition) is 1. The van der Waals surface area contributed by atoms with Crippen molar-refractivity contribution in [3.8, 4) is 11.3 Å². The van der Waals surface area contributed by atoms with E-state index in [0.29, 0.717) is 5.52 Å². The lowest BCUT2D eigenvalue weighted by Gasteiger charge is -2.17. The van der Waals surface area contributed by atoms with Gasteiger partial charge in [0.25, 0.3) is 5.56 Å². The average Bonchev–Trinajstić information content (AvgIpc) is 3.12. The van der Waals surface area contributed by atoms with E-state index in [-0.39, 0.29) is 12.1 Å². The highest BCUT2D eigenvalue weighted by Crippen LogP contribution is 2.24. The number of hydrogen-bond acceptors (Lipinski definition) is 3. The predicted octanol–water partition coefficient (Wildman–Crippen LogP) is 4.58. The third-order valence-electron chi connectivity index (χ3n) is 5.33. The fraction of sp³-hybridized carbons (Fsp3) is 0.217. The number of aliphatic hydroxyl groups excluding tert-OH is 1. The van der Waals surface area contributed by atoms with Crippen molar-refractivity contribution in [2.75, 3.05) is 0 Å². The first kappa shape index (κ1) is 19.6. The van der Waals surface area contributed by atoms with Crippen LogP contribution < -0.4 is 5.56 Å². The van der Waals surface area contributed by atoms with Crippen LogP contribution in [-0.4, -0.2) is 19.3 Å². The maximum Gasteiger partial charge on any atom is 0.276 e. The van der Waals surface area contributed by atoms with E-state index in [4.69, 9.17) is 0 Å². The molecule has 4 aromatic rings. The lowest BCUT2D eigenvalue weighted by Crippen LogP contribution is -2.24. The molecule has 4 rings (SSSR count). The minimum Gasteiger partial charge on any atom is -0.387 e. The number of aryl methyl sites for hydroxylation is 3. The first-order valence-electron chi connectivity index (χ1n) is 9.44. The van der Waals surface area contributed by atoms with Gasteiger partial charge in [-0.05, 0) is 61.2 Å². The van der Waals surface area contributed by atoms with Gasteiger partial charge in [-0.25, -0.2) is 4.52 Å². The van der Waals surface area contributed by atoms with Gasteiger partial charge in [-0.3, -0.25) is 4.79 Å². The quantitative estimate of drug-likeness (QED) is 0.493. The van der Waals surface area contributed by atoms with Crippen molar-refractivity contribution >= 4 is 21.4 Å². The smallest absolute Gasteiger partial charge is 0.276 e. The summed E-state index contributed by atoms with van der Waals surface area (Å²) in [6.07, 6.45) is 2.66. The summed E-state index contributed by atoms with van der Waals surface area (Å²) in [6.45, 7) is 6.26. The number of benzene rings is 2. The first-order valence-corrected chi connectivity index (χ1v) is 10.2. The molecule has 2 aromatic heterocycles. The number of fused-ring (bicyclic) bond motifs is 1. The summed E-state index contributed by atoms with van der Waals surface area (Å²) in [5.41, 5.74) is 6.15.